The fraction of sp³-hybridized carbons (Fsp3) is 0.0400. The fourth-order valence-corrected chi connectivity index (χ4v) is 25.3. The Morgan fingerprint density at radius 1 is 0.171 bits per heavy atom. The van der Waals surface area contributed by atoms with Gasteiger partial charge < -0.3 is 9.80 Å². The number of para-hydroxylation sites is 1. The summed E-state index contributed by atoms with van der Waals surface area (Å²) in [6, 6.07) is 172. The van der Waals surface area contributed by atoms with E-state index in [1.807, 2.05) is 22.7 Å². The quantitative estimate of drug-likeness (QED) is 0.127. The lowest BCUT2D eigenvalue weighted by molar-refractivity contribution is 0.660. The van der Waals surface area contributed by atoms with Gasteiger partial charge in [0.1, 0.15) is 0 Å². The first-order chi connectivity index (χ1) is 63.7. The second-order valence-electron chi connectivity index (χ2n) is 35.5. The Morgan fingerprint density at radius 3 is 0.891 bits per heavy atom. The molecular weight excluding hydrogens is 1590 g/mol. The maximum absolute atomic E-state index is 2.53. The van der Waals surface area contributed by atoms with E-state index in [4.69, 9.17) is 0 Å². The minimum atomic E-state index is -0.418. The number of nitrogens with zero attached hydrogens (tertiary/aromatic N) is 2. The van der Waals surface area contributed by atoms with Crippen molar-refractivity contribution in [1.29, 1.82) is 0 Å². The molecule has 27 rings (SSSR count). The first-order valence-corrected chi connectivity index (χ1v) is 46.5. The Kier molecular flexibility index (Phi) is 17.0. The van der Waals surface area contributed by atoms with Crippen molar-refractivity contribution in [2.24, 2.45) is 0 Å². The van der Waals surface area contributed by atoms with Crippen LogP contribution in [0.3, 0.4) is 0 Å². The van der Waals surface area contributed by atoms with Crippen LogP contribution >= 0.6 is 22.7 Å². The molecule has 129 heavy (non-hydrogen) atoms. The summed E-state index contributed by atoms with van der Waals surface area (Å²) in [5, 5.41) is 5.11. The van der Waals surface area contributed by atoms with Gasteiger partial charge in [0, 0.05) is 59.0 Å². The molecule has 0 saturated heterocycles. The van der Waals surface area contributed by atoms with Gasteiger partial charge in [-0.05, 0) is 252 Å². The van der Waals surface area contributed by atoms with E-state index in [-0.39, 0.29) is 5.41 Å². The van der Waals surface area contributed by atoms with E-state index in [9.17, 15) is 0 Å². The molecule has 20 aromatic carbocycles. The van der Waals surface area contributed by atoms with Crippen LogP contribution in [0.2, 0.25) is 0 Å². The number of rotatable bonds is 11. The standard InChI is InChI=1S/C64H43NS.C61H39NS/c1-63(2)54-23-11-6-18-46(54)50-35-33-45(39-58(50)63)65(44-31-28-41(29-32-44)40-16-4-3-5-17-40)60-38-43(36-53-52-22-10-15-27-61(52)66-62(53)60)42-30-34-51-49-21-9-14-26-57(49)64(59(51)37-42)55-24-12-7-19-47(55)48-20-8-13-25-56(48)64;1-3-17-40(18-4-1)41-31-34-45(35-32-41)62(57-29-15-10-21-46(57)42-19-5-2-6-20-42)58-39-44(37-52-51-25-11-16-30-59(51)63-60(52)58)43-33-36-50-49-24-9-14-28-55(49)61(56(50)38-43)53-26-12-7-22-47(53)48-23-8-13-27-54(48)61/h3-39H,1-2H3;1-39H. The Balaban J connectivity index is 0.000000136. The van der Waals surface area contributed by atoms with E-state index in [1.54, 1.807) is 0 Å². The van der Waals surface area contributed by atoms with Crippen LogP contribution in [-0.2, 0) is 16.2 Å². The monoisotopic (exact) mass is 1670 g/mol. The molecule has 5 aliphatic carbocycles. The van der Waals surface area contributed by atoms with Crippen molar-refractivity contribution in [3.63, 3.8) is 0 Å². The Morgan fingerprint density at radius 2 is 0.465 bits per heavy atom. The van der Waals surface area contributed by atoms with E-state index in [0.29, 0.717) is 0 Å². The zero-order valence-corrected chi connectivity index (χ0v) is 72.7. The molecule has 0 bridgehead atoms. The highest BCUT2D eigenvalue weighted by Crippen LogP contribution is 2.66. The number of hydrogen-bond donors (Lipinski definition) is 0. The van der Waals surface area contributed by atoms with Gasteiger partial charge in [-0.15, -0.1) is 22.7 Å². The average Bonchev–Trinajstić information content (AvgIpc) is 1.42. The lowest BCUT2D eigenvalue weighted by Gasteiger charge is -2.31. The predicted molar refractivity (Wildman–Crippen MR) is 545 cm³/mol. The van der Waals surface area contributed by atoms with Crippen LogP contribution < -0.4 is 9.80 Å². The van der Waals surface area contributed by atoms with Gasteiger partial charge >= 0.3 is 0 Å². The fourth-order valence-electron chi connectivity index (χ4n) is 22.9. The number of thiophene rings is 2. The van der Waals surface area contributed by atoms with Gasteiger partial charge in [0.15, 0.2) is 0 Å². The smallest absolute Gasteiger partial charge is 0.0725 e. The van der Waals surface area contributed by atoms with Gasteiger partial charge in [0.2, 0.25) is 0 Å². The molecule has 2 spiro atoms. The Bertz CT molecular complexity index is 8210. The lowest BCUT2D eigenvalue weighted by atomic mass is 9.70. The van der Waals surface area contributed by atoms with Gasteiger partial charge in [-0.3, -0.25) is 0 Å². The summed E-state index contributed by atoms with van der Waals surface area (Å²) in [6.07, 6.45) is 0. The molecule has 2 aromatic heterocycles. The Hall–Kier alpha value is -15.6. The van der Waals surface area contributed by atoms with Crippen molar-refractivity contribution in [1.82, 2.24) is 0 Å². The highest BCUT2D eigenvalue weighted by atomic mass is 32.1. The second-order valence-corrected chi connectivity index (χ2v) is 37.6. The number of anilines is 6. The molecule has 2 heterocycles. The zero-order chi connectivity index (χ0) is 85.2. The zero-order valence-electron chi connectivity index (χ0n) is 71.1. The van der Waals surface area contributed by atoms with Crippen LogP contribution in [-0.4, -0.2) is 0 Å². The van der Waals surface area contributed by atoms with Crippen LogP contribution in [0.1, 0.15) is 69.5 Å². The van der Waals surface area contributed by atoms with Crippen molar-refractivity contribution in [3.05, 3.63) is 517 Å². The van der Waals surface area contributed by atoms with E-state index in [0.717, 1.165) is 28.4 Å². The van der Waals surface area contributed by atoms with Crippen molar-refractivity contribution in [3.8, 4) is 111 Å². The number of fused-ring (bicyclic) bond motifs is 29. The summed E-state index contributed by atoms with van der Waals surface area (Å²) < 4.78 is 5.11. The molecule has 0 saturated carbocycles. The van der Waals surface area contributed by atoms with E-state index in [2.05, 4.69) is 485 Å². The average molecular weight is 1680 g/mol. The van der Waals surface area contributed by atoms with Crippen LogP contribution in [0.4, 0.5) is 34.1 Å². The normalized spacial score (nSPS) is 13.5. The van der Waals surface area contributed by atoms with Crippen LogP contribution in [0, 0.1) is 0 Å². The SMILES string of the molecule is CC1(C)c2ccccc2-c2ccc(N(c3ccc(-c4ccccc4)cc3)c3cc(-c4ccc5c(c4)C4(c6ccccc6-c6ccccc64)c4ccccc4-5)cc4c3sc3ccccc34)cc21.c1ccc(-c2ccc(N(c3ccccc3-c3ccccc3)c3cc(-c4ccc5c(c4)C4(c6ccccc6-c6ccccc64)c4ccccc4-5)cc4c3sc3ccccc34)cc2)cc1. The summed E-state index contributed by atoms with van der Waals surface area (Å²) in [6.45, 7) is 4.76. The van der Waals surface area contributed by atoms with E-state index in [1.165, 1.54) is 213 Å². The van der Waals surface area contributed by atoms with Gasteiger partial charge in [0.25, 0.3) is 0 Å². The van der Waals surface area contributed by atoms with Crippen molar-refractivity contribution >= 4 is 97.1 Å². The predicted octanol–water partition coefficient (Wildman–Crippen LogP) is 34.4. The van der Waals surface area contributed by atoms with Gasteiger partial charge in [-0.2, -0.15) is 0 Å². The minimum absolute atomic E-state index is 0.144. The minimum Gasteiger partial charge on any atom is -0.309 e. The van der Waals surface area contributed by atoms with Crippen LogP contribution in [0.5, 0.6) is 0 Å². The van der Waals surface area contributed by atoms with E-state index < -0.39 is 10.8 Å². The third kappa shape index (κ3) is 11.2. The van der Waals surface area contributed by atoms with Crippen LogP contribution in [0.25, 0.3) is 152 Å². The second kappa shape index (κ2) is 29.3. The van der Waals surface area contributed by atoms with Crippen molar-refractivity contribution in [2.45, 2.75) is 30.1 Å². The third-order valence-electron chi connectivity index (χ3n) is 28.6. The largest absolute Gasteiger partial charge is 0.309 e. The molecule has 4 heteroatoms. The van der Waals surface area contributed by atoms with Gasteiger partial charge in [-0.25, -0.2) is 0 Å². The summed E-state index contributed by atoms with van der Waals surface area (Å²) in [4.78, 5) is 5.04. The highest BCUT2D eigenvalue weighted by Gasteiger charge is 2.54. The summed E-state index contributed by atoms with van der Waals surface area (Å²) >= 11 is 3.78. The molecule has 0 radical (unpaired) electrons. The molecule has 22 aromatic rings. The van der Waals surface area contributed by atoms with Crippen molar-refractivity contribution in [2.75, 3.05) is 9.80 Å². The number of benzene rings is 20. The molecule has 0 amide bonds. The molecular formula is C125H82N2S2. The maximum atomic E-state index is 2.53. The summed E-state index contributed by atoms with van der Waals surface area (Å²) in [5.41, 5.74) is 44.7. The topological polar surface area (TPSA) is 6.48 Å². The van der Waals surface area contributed by atoms with E-state index >= 15 is 0 Å². The molecule has 0 atom stereocenters. The number of hydrogen-bond acceptors (Lipinski definition) is 4. The first kappa shape index (κ1) is 74.8. The third-order valence-corrected chi connectivity index (χ3v) is 31.0. The maximum Gasteiger partial charge on any atom is 0.0725 e. The molecule has 0 N–H and O–H groups in total. The first-order valence-electron chi connectivity index (χ1n) is 44.8. The molecule has 0 aliphatic heterocycles. The molecule has 604 valence electrons. The Labute approximate surface area is 759 Å². The summed E-state index contributed by atoms with van der Waals surface area (Å²) in [7, 11) is 0. The van der Waals surface area contributed by atoms with Crippen molar-refractivity contribution < 1.29 is 0 Å². The van der Waals surface area contributed by atoms with Crippen LogP contribution in [0.15, 0.2) is 461 Å². The summed E-state index contributed by atoms with van der Waals surface area (Å²) in [5.74, 6) is 0. The highest BCUT2D eigenvalue weighted by molar-refractivity contribution is 7.27. The molecule has 5 aliphatic rings. The van der Waals surface area contributed by atoms with Gasteiger partial charge in [0.05, 0.1) is 37.3 Å². The molecule has 0 unspecified atom stereocenters. The lowest BCUT2D eigenvalue weighted by Crippen LogP contribution is -2.25. The molecule has 2 nitrogen and oxygen atoms in total. The molecule has 0 fully saturated rings. The van der Waals surface area contributed by atoms with Gasteiger partial charge in [-0.1, -0.05) is 384 Å².